The van der Waals surface area contributed by atoms with E-state index in [2.05, 4.69) is 0 Å². The molecule has 1 rings (SSSR count). The maximum atomic E-state index is 9.04. The minimum atomic E-state index is 0.167. The normalized spacial score (nSPS) is 8.94. The third kappa shape index (κ3) is 2.86. The van der Waals surface area contributed by atoms with Gasteiger partial charge >= 0.3 is 0 Å². The summed E-state index contributed by atoms with van der Waals surface area (Å²) in [7, 11) is 0. The van der Waals surface area contributed by atoms with Crippen LogP contribution >= 0.6 is 0 Å². The molecule has 0 aromatic heterocycles. The Hall–Kier alpha value is -2.26. The van der Waals surface area contributed by atoms with Crippen molar-refractivity contribution < 1.29 is 0 Å². The first-order chi connectivity index (χ1) is 8.28. The van der Waals surface area contributed by atoms with Crippen LogP contribution in [0.3, 0.4) is 0 Å². The van der Waals surface area contributed by atoms with Gasteiger partial charge in [0.2, 0.25) is 0 Å². The zero-order valence-corrected chi connectivity index (χ0v) is 10.1. The van der Waals surface area contributed by atoms with E-state index in [-0.39, 0.29) is 5.57 Å². The van der Waals surface area contributed by atoms with Crippen LogP contribution in [0.25, 0.3) is 5.70 Å². The van der Waals surface area contributed by atoms with E-state index < -0.39 is 0 Å². The zero-order chi connectivity index (χ0) is 12.7. The van der Waals surface area contributed by atoms with Crippen LogP contribution in [0.15, 0.2) is 35.9 Å². The molecule has 0 N–H and O–H groups in total. The first-order valence-electron chi connectivity index (χ1n) is 5.63. The molecule has 3 heteroatoms. The van der Waals surface area contributed by atoms with E-state index >= 15 is 0 Å². The highest BCUT2D eigenvalue weighted by Gasteiger charge is 2.14. The molecule has 0 amide bonds. The standard InChI is InChI=1S/C14H15N3/c1-3-17(4-2)14(13(10-15)11-16)12-8-6-5-7-9-12/h5-9H,3-4H2,1-2H3. The minimum absolute atomic E-state index is 0.167. The van der Waals surface area contributed by atoms with Crippen LogP contribution in [0.2, 0.25) is 0 Å². The van der Waals surface area contributed by atoms with Crippen molar-refractivity contribution in [1.82, 2.24) is 4.90 Å². The molecule has 0 spiro atoms. The van der Waals surface area contributed by atoms with Gasteiger partial charge in [-0.25, -0.2) is 0 Å². The average molecular weight is 225 g/mol. The van der Waals surface area contributed by atoms with Gasteiger partial charge in [0.05, 0.1) is 5.70 Å². The lowest BCUT2D eigenvalue weighted by atomic mass is 10.1. The largest absolute Gasteiger partial charge is 0.370 e. The molecular weight excluding hydrogens is 210 g/mol. The Labute approximate surface area is 102 Å². The van der Waals surface area contributed by atoms with Crippen molar-refractivity contribution in [1.29, 1.82) is 10.5 Å². The van der Waals surface area contributed by atoms with Crippen molar-refractivity contribution in [3.63, 3.8) is 0 Å². The van der Waals surface area contributed by atoms with Gasteiger partial charge < -0.3 is 4.90 Å². The Morgan fingerprint density at radius 1 is 1.06 bits per heavy atom. The van der Waals surface area contributed by atoms with E-state index in [1.54, 1.807) is 0 Å². The number of rotatable bonds is 4. The molecule has 0 bridgehead atoms. The summed E-state index contributed by atoms with van der Waals surface area (Å²) < 4.78 is 0. The lowest BCUT2D eigenvalue weighted by Gasteiger charge is -2.24. The SMILES string of the molecule is CCN(CC)C(=C(C#N)C#N)c1ccccc1. The quantitative estimate of drug-likeness (QED) is 0.740. The first-order valence-corrected chi connectivity index (χ1v) is 5.63. The molecule has 1 aromatic rings. The van der Waals surface area contributed by atoms with Gasteiger partial charge in [0.25, 0.3) is 0 Å². The fourth-order valence-electron chi connectivity index (χ4n) is 1.75. The smallest absolute Gasteiger partial charge is 0.153 e. The Morgan fingerprint density at radius 2 is 1.59 bits per heavy atom. The summed E-state index contributed by atoms with van der Waals surface area (Å²) in [6, 6.07) is 13.5. The monoisotopic (exact) mass is 225 g/mol. The van der Waals surface area contributed by atoms with Gasteiger partial charge in [0, 0.05) is 13.1 Å². The average Bonchev–Trinajstić information content (AvgIpc) is 2.40. The van der Waals surface area contributed by atoms with Gasteiger partial charge in [-0.1, -0.05) is 30.3 Å². The summed E-state index contributed by atoms with van der Waals surface area (Å²) in [6.45, 7) is 5.57. The summed E-state index contributed by atoms with van der Waals surface area (Å²) in [5, 5.41) is 18.1. The molecule has 0 aliphatic heterocycles. The molecule has 3 nitrogen and oxygen atoms in total. The van der Waals surface area contributed by atoms with E-state index in [1.807, 2.05) is 61.2 Å². The van der Waals surface area contributed by atoms with Crippen LogP contribution in [-0.4, -0.2) is 18.0 Å². The van der Waals surface area contributed by atoms with Gasteiger partial charge in [-0.05, 0) is 19.4 Å². The number of hydrogen-bond acceptors (Lipinski definition) is 3. The van der Waals surface area contributed by atoms with Crippen molar-refractivity contribution in [3.8, 4) is 12.1 Å². The van der Waals surface area contributed by atoms with Crippen LogP contribution in [0.5, 0.6) is 0 Å². The third-order valence-electron chi connectivity index (χ3n) is 2.59. The Balaban J connectivity index is 3.38. The lowest BCUT2D eigenvalue weighted by molar-refractivity contribution is 0.441. The van der Waals surface area contributed by atoms with Gasteiger partial charge in [0.1, 0.15) is 12.1 Å². The second-order valence-corrected chi connectivity index (χ2v) is 3.49. The van der Waals surface area contributed by atoms with E-state index in [0.717, 1.165) is 24.4 Å². The molecule has 17 heavy (non-hydrogen) atoms. The van der Waals surface area contributed by atoms with Gasteiger partial charge in [-0.3, -0.25) is 0 Å². The summed E-state index contributed by atoms with van der Waals surface area (Å²) in [5.74, 6) is 0. The van der Waals surface area contributed by atoms with E-state index in [0.29, 0.717) is 0 Å². The Bertz CT molecular complexity index is 454. The number of benzene rings is 1. The second kappa shape index (κ2) is 6.35. The van der Waals surface area contributed by atoms with Crippen molar-refractivity contribution in [2.45, 2.75) is 13.8 Å². The summed E-state index contributed by atoms with van der Waals surface area (Å²) >= 11 is 0. The highest BCUT2D eigenvalue weighted by atomic mass is 15.1. The van der Waals surface area contributed by atoms with Crippen LogP contribution in [0.1, 0.15) is 19.4 Å². The van der Waals surface area contributed by atoms with E-state index in [9.17, 15) is 0 Å². The fraction of sp³-hybridized carbons (Fsp3) is 0.286. The summed E-state index contributed by atoms with van der Waals surface area (Å²) in [5.41, 5.74) is 1.80. The van der Waals surface area contributed by atoms with Crippen molar-refractivity contribution in [3.05, 3.63) is 41.5 Å². The highest BCUT2D eigenvalue weighted by molar-refractivity contribution is 5.73. The summed E-state index contributed by atoms with van der Waals surface area (Å²) in [6.07, 6.45) is 0. The molecule has 0 fully saturated rings. The lowest BCUT2D eigenvalue weighted by Crippen LogP contribution is -2.22. The van der Waals surface area contributed by atoms with E-state index in [1.165, 1.54) is 0 Å². The topological polar surface area (TPSA) is 50.8 Å². The maximum absolute atomic E-state index is 9.04. The highest BCUT2D eigenvalue weighted by Crippen LogP contribution is 2.22. The third-order valence-corrected chi connectivity index (χ3v) is 2.59. The van der Waals surface area contributed by atoms with Gasteiger partial charge in [0.15, 0.2) is 5.57 Å². The molecule has 0 saturated carbocycles. The number of allylic oxidation sites excluding steroid dienone is 1. The Morgan fingerprint density at radius 3 is 2.00 bits per heavy atom. The molecule has 0 aliphatic rings. The zero-order valence-electron chi connectivity index (χ0n) is 10.1. The molecule has 0 aliphatic carbocycles. The first kappa shape index (κ1) is 12.8. The number of nitrogens with zero attached hydrogens (tertiary/aromatic N) is 3. The molecule has 0 radical (unpaired) electrons. The molecule has 0 heterocycles. The maximum Gasteiger partial charge on any atom is 0.153 e. The van der Waals surface area contributed by atoms with Gasteiger partial charge in [-0.15, -0.1) is 0 Å². The predicted molar refractivity (Wildman–Crippen MR) is 67.5 cm³/mol. The molecule has 86 valence electrons. The van der Waals surface area contributed by atoms with Crippen LogP contribution < -0.4 is 0 Å². The molecule has 0 unspecified atom stereocenters. The molecule has 0 saturated heterocycles. The number of nitriles is 2. The van der Waals surface area contributed by atoms with Gasteiger partial charge in [-0.2, -0.15) is 10.5 Å². The predicted octanol–water partition coefficient (Wildman–Crippen LogP) is 2.79. The minimum Gasteiger partial charge on any atom is -0.370 e. The van der Waals surface area contributed by atoms with Crippen molar-refractivity contribution in [2.75, 3.05) is 13.1 Å². The molecular formula is C14H15N3. The number of hydrogen-bond donors (Lipinski definition) is 0. The second-order valence-electron chi connectivity index (χ2n) is 3.49. The van der Waals surface area contributed by atoms with Crippen LogP contribution in [0, 0.1) is 22.7 Å². The molecule has 1 aromatic carbocycles. The van der Waals surface area contributed by atoms with Crippen molar-refractivity contribution >= 4 is 5.70 Å². The van der Waals surface area contributed by atoms with Crippen LogP contribution in [0.4, 0.5) is 0 Å². The Kier molecular flexibility index (Phi) is 4.78. The fourth-order valence-corrected chi connectivity index (χ4v) is 1.75. The van der Waals surface area contributed by atoms with E-state index in [4.69, 9.17) is 10.5 Å². The van der Waals surface area contributed by atoms with Crippen molar-refractivity contribution in [2.24, 2.45) is 0 Å². The molecule has 0 atom stereocenters. The summed E-state index contributed by atoms with van der Waals surface area (Å²) in [4.78, 5) is 2.02. The van der Waals surface area contributed by atoms with Crippen LogP contribution in [-0.2, 0) is 0 Å².